The lowest BCUT2D eigenvalue weighted by Gasteiger charge is -2.22. The number of aliphatic hydroxyl groups excluding tert-OH is 1. The summed E-state index contributed by atoms with van der Waals surface area (Å²) in [4.78, 5) is 3.59. The lowest BCUT2D eigenvalue weighted by Crippen LogP contribution is -2.31. The second-order valence-corrected chi connectivity index (χ2v) is 4.65. The van der Waals surface area contributed by atoms with Crippen molar-refractivity contribution in [2.24, 2.45) is 0 Å². The first-order valence-corrected chi connectivity index (χ1v) is 6.30. The molecule has 2 unspecified atom stereocenters. The Balaban J connectivity index is 2.84. The summed E-state index contributed by atoms with van der Waals surface area (Å²) in [6.45, 7) is 1.73. The Morgan fingerprint density at radius 3 is 2.71 bits per heavy atom. The van der Waals surface area contributed by atoms with Crippen LogP contribution in [0, 0.1) is 11.6 Å². The van der Waals surface area contributed by atoms with E-state index in [2.05, 4.69) is 10.3 Å². The fourth-order valence-electron chi connectivity index (χ4n) is 1.33. The molecular formula is C10H15F2N3OS. The van der Waals surface area contributed by atoms with Crippen LogP contribution in [0.25, 0.3) is 0 Å². The van der Waals surface area contributed by atoms with Crippen LogP contribution in [0.1, 0.15) is 6.92 Å². The lowest BCUT2D eigenvalue weighted by molar-refractivity contribution is 0.288. The molecule has 96 valence electrons. The van der Waals surface area contributed by atoms with Crippen LogP contribution in [0.4, 0.5) is 20.4 Å². The third-order valence-corrected chi connectivity index (χ3v) is 3.52. The summed E-state index contributed by atoms with van der Waals surface area (Å²) in [7, 11) is 0. The number of nitrogens with two attached hydrogens (primary N) is 1. The third kappa shape index (κ3) is 3.44. The molecule has 1 aromatic heterocycles. The number of nitrogen functional groups attached to an aromatic ring is 1. The van der Waals surface area contributed by atoms with E-state index in [0.717, 1.165) is 0 Å². The van der Waals surface area contributed by atoms with Gasteiger partial charge in [0.25, 0.3) is 0 Å². The Morgan fingerprint density at radius 1 is 1.53 bits per heavy atom. The van der Waals surface area contributed by atoms with Crippen LogP contribution in [0.15, 0.2) is 6.07 Å². The second kappa shape index (κ2) is 6.02. The molecule has 1 rings (SSSR count). The van der Waals surface area contributed by atoms with E-state index in [9.17, 15) is 8.78 Å². The monoisotopic (exact) mass is 263 g/mol. The van der Waals surface area contributed by atoms with Gasteiger partial charge >= 0.3 is 0 Å². The SMILES string of the molecule is CSC(CO)C(C)Nc1nc(N)c(F)cc1F. The summed E-state index contributed by atoms with van der Waals surface area (Å²) in [6, 6.07) is 0.464. The van der Waals surface area contributed by atoms with Crippen molar-refractivity contribution in [1.82, 2.24) is 4.98 Å². The Kier molecular flexibility index (Phi) is 4.95. The fourth-order valence-corrected chi connectivity index (χ4v) is 1.95. The molecule has 1 aromatic rings. The number of aromatic nitrogens is 1. The number of pyridine rings is 1. The van der Waals surface area contributed by atoms with Crippen LogP contribution >= 0.6 is 11.8 Å². The van der Waals surface area contributed by atoms with Gasteiger partial charge in [0.1, 0.15) is 0 Å². The summed E-state index contributed by atoms with van der Waals surface area (Å²) < 4.78 is 26.3. The number of hydrogen-bond acceptors (Lipinski definition) is 5. The van der Waals surface area contributed by atoms with Crippen molar-refractivity contribution in [3.05, 3.63) is 17.7 Å². The number of halogens is 2. The molecule has 4 N–H and O–H groups in total. The van der Waals surface area contributed by atoms with Crippen molar-refractivity contribution in [2.45, 2.75) is 18.2 Å². The smallest absolute Gasteiger partial charge is 0.168 e. The van der Waals surface area contributed by atoms with E-state index in [0.29, 0.717) is 6.07 Å². The van der Waals surface area contributed by atoms with Crippen LogP contribution in [0.3, 0.4) is 0 Å². The molecule has 0 amide bonds. The van der Waals surface area contributed by atoms with E-state index in [1.54, 1.807) is 6.92 Å². The Bertz CT molecular complexity index is 388. The minimum Gasteiger partial charge on any atom is -0.395 e. The van der Waals surface area contributed by atoms with Crippen molar-refractivity contribution in [2.75, 3.05) is 23.9 Å². The molecule has 2 atom stereocenters. The van der Waals surface area contributed by atoms with Gasteiger partial charge in [0.15, 0.2) is 23.3 Å². The van der Waals surface area contributed by atoms with E-state index in [1.165, 1.54) is 11.8 Å². The highest BCUT2D eigenvalue weighted by Gasteiger charge is 2.18. The van der Waals surface area contributed by atoms with Gasteiger partial charge in [0, 0.05) is 17.4 Å². The van der Waals surface area contributed by atoms with Crippen LogP contribution < -0.4 is 11.1 Å². The normalized spacial score (nSPS) is 14.4. The summed E-state index contributed by atoms with van der Waals surface area (Å²) in [5, 5.41) is 11.7. The Labute approximate surface area is 103 Å². The van der Waals surface area contributed by atoms with Crippen molar-refractivity contribution in [3.63, 3.8) is 0 Å². The molecule has 0 saturated heterocycles. The summed E-state index contributed by atoms with van der Waals surface area (Å²) in [6.07, 6.45) is 1.84. The van der Waals surface area contributed by atoms with Gasteiger partial charge in [0.05, 0.1) is 6.61 Å². The van der Waals surface area contributed by atoms with E-state index in [-0.39, 0.29) is 29.5 Å². The van der Waals surface area contributed by atoms with Crippen molar-refractivity contribution >= 4 is 23.4 Å². The topological polar surface area (TPSA) is 71.2 Å². The average molecular weight is 263 g/mol. The lowest BCUT2D eigenvalue weighted by atomic mass is 10.2. The highest BCUT2D eigenvalue weighted by molar-refractivity contribution is 7.99. The maximum Gasteiger partial charge on any atom is 0.168 e. The molecule has 0 bridgehead atoms. The quantitative estimate of drug-likeness (QED) is 0.750. The molecule has 0 spiro atoms. The van der Waals surface area contributed by atoms with Gasteiger partial charge < -0.3 is 16.2 Å². The predicted octanol–water partition coefficient (Wildman–Crippen LogP) is 1.47. The molecule has 7 heteroatoms. The number of hydrogen-bond donors (Lipinski definition) is 3. The zero-order valence-electron chi connectivity index (χ0n) is 9.58. The van der Waals surface area contributed by atoms with E-state index >= 15 is 0 Å². The zero-order valence-corrected chi connectivity index (χ0v) is 10.4. The van der Waals surface area contributed by atoms with Crippen LogP contribution in [-0.2, 0) is 0 Å². The van der Waals surface area contributed by atoms with Gasteiger partial charge in [-0.1, -0.05) is 0 Å². The van der Waals surface area contributed by atoms with Gasteiger partial charge in [-0.15, -0.1) is 0 Å². The van der Waals surface area contributed by atoms with E-state index in [1.807, 2.05) is 6.26 Å². The molecule has 0 aliphatic carbocycles. The average Bonchev–Trinajstić information content (AvgIpc) is 2.27. The number of thioether (sulfide) groups is 1. The number of nitrogens with one attached hydrogen (secondary N) is 1. The van der Waals surface area contributed by atoms with Crippen molar-refractivity contribution < 1.29 is 13.9 Å². The highest BCUT2D eigenvalue weighted by Crippen LogP contribution is 2.20. The number of nitrogens with zero attached hydrogens (tertiary/aromatic N) is 1. The minimum atomic E-state index is -0.885. The first-order chi connectivity index (χ1) is 7.99. The van der Waals surface area contributed by atoms with Crippen molar-refractivity contribution in [3.8, 4) is 0 Å². The van der Waals surface area contributed by atoms with Crippen LogP contribution in [0.2, 0.25) is 0 Å². The number of aliphatic hydroxyl groups is 1. The van der Waals surface area contributed by atoms with Gasteiger partial charge in [-0.25, -0.2) is 13.8 Å². The molecule has 0 aliphatic heterocycles. The van der Waals surface area contributed by atoms with E-state index < -0.39 is 11.6 Å². The van der Waals surface area contributed by atoms with Gasteiger partial charge in [-0.3, -0.25) is 0 Å². The Morgan fingerprint density at radius 2 is 2.18 bits per heavy atom. The van der Waals surface area contributed by atoms with Crippen molar-refractivity contribution in [1.29, 1.82) is 0 Å². The van der Waals surface area contributed by atoms with E-state index in [4.69, 9.17) is 10.8 Å². The highest BCUT2D eigenvalue weighted by atomic mass is 32.2. The predicted molar refractivity (Wildman–Crippen MR) is 66.0 cm³/mol. The second-order valence-electron chi connectivity index (χ2n) is 3.58. The molecule has 4 nitrogen and oxygen atoms in total. The summed E-state index contributed by atoms with van der Waals surface area (Å²) in [5.41, 5.74) is 5.26. The van der Waals surface area contributed by atoms with Crippen LogP contribution in [-0.4, -0.2) is 34.2 Å². The fraction of sp³-hybridized carbons (Fsp3) is 0.500. The number of rotatable bonds is 5. The number of anilines is 2. The van der Waals surface area contributed by atoms with Gasteiger partial charge in [-0.2, -0.15) is 11.8 Å². The Hall–Kier alpha value is -1.08. The molecular weight excluding hydrogens is 248 g/mol. The molecule has 0 radical (unpaired) electrons. The third-order valence-electron chi connectivity index (χ3n) is 2.36. The first-order valence-electron chi connectivity index (χ1n) is 5.01. The first kappa shape index (κ1) is 14.0. The largest absolute Gasteiger partial charge is 0.395 e. The zero-order chi connectivity index (χ0) is 13.0. The molecule has 0 aromatic carbocycles. The maximum atomic E-state index is 13.4. The molecule has 0 saturated carbocycles. The van der Waals surface area contributed by atoms with Crippen LogP contribution in [0.5, 0.6) is 0 Å². The summed E-state index contributed by atoms with van der Waals surface area (Å²) in [5.74, 6) is -2.15. The summed E-state index contributed by atoms with van der Waals surface area (Å²) >= 11 is 1.44. The molecule has 17 heavy (non-hydrogen) atoms. The standard InChI is InChI=1S/C10H15F2N3OS/c1-5(8(4-16)17-2)14-10-7(12)3-6(11)9(13)15-10/h3,5,8,16H,4H2,1-2H3,(H3,13,14,15). The molecule has 0 fully saturated rings. The minimum absolute atomic E-state index is 0.0480. The molecule has 1 heterocycles. The molecule has 0 aliphatic rings. The van der Waals surface area contributed by atoms with Gasteiger partial charge in [0.2, 0.25) is 0 Å². The van der Waals surface area contributed by atoms with Gasteiger partial charge in [-0.05, 0) is 13.2 Å². The maximum absolute atomic E-state index is 13.4.